The second-order valence-corrected chi connectivity index (χ2v) is 7.91. The summed E-state index contributed by atoms with van der Waals surface area (Å²) in [6.45, 7) is 5.97. The molecule has 1 aromatic carbocycles. The van der Waals surface area contributed by atoms with Crippen molar-refractivity contribution in [3.05, 3.63) is 51.2 Å². The molecule has 0 aliphatic rings. The number of carbonyl (C=O) groups excluding carboxylic acids is 1. The van der Waals surface area contributed by atoms with Crippen LogP contribution in [0.4, 0.5) is 4.39 Å². The van der Waals surface area contributed by atoms with Gasteiger partial charge in [0.15, 0.2) is 0 Å². The molecule has 1 aromatic heterocycles. The highest BCUT2D eigenvalue weighted by Gasteiger charge is 2.15. The lowest BCUT2D eigenvalue weighted by molar-refractivity contribution is -0.121. The fourth-order valence-corrected chi connectivity index (χ4v) is 4.08. The van der Waals surface area contributed by atoms with Crippen LogP contribution in [0.5, 0.6) is 0 Å². The minimum Gasteiger partial charge on any atom is -0.348 e. The molecule has 1 heterocycles. The zero-order valence-electron chi connectivity index (χ0n) is 13.6. The number of aromatic nitrogens is 1. The summed E-state index contributed by atoms with van der Waals surface area (Å²) in [6.07, 6.45) is 0.471. The van der Waals surface area contributed by atoms with Gasteiger partial charge in [0.2, 0.25) is 5.91 Å². The monoisotopic (exact) mass is 352 g/mol. The van der Waals surface area contributed by atoms with Gasteiger partial charge in [0.25, 0.3) is 0 Å². The van der Waals surface area contributed by atoms with Crippen LogP contribution in [0.15, 0.2) is 24.3 Å². The van der Waals surface area contributed by atoms with Gasteiger partial charge in [0.1, 0.15) is 5.82 Å². The van der Waals surface area contributed by atoms with E-state index in [1.165, 1.54) is 12.1 Å². The van der Waals surface area contributed by atoms with E-state index < -0.39 is 0 Å². The van der Waals surface area contributed by atoms with E-state index in [2.05, 4.69) is 10.3 Å². The van der Waals surface area contributed by atoms with Gasteiger partial charge < -0.3 is 5.32 Å². The average Bonchev–Trinajstić information content (AvgIpc) is 2.84. The number of thiazole rings is 1. The Labute approximate surface area is 144 Å². The first-order chi connectivity index (χ1) is 11.0. The molecular formula is C17H21FN2OS2. The molecular weight excluding hydrogens is 331 g/mol. The Morgan fingerprint density at radius 2 is 2.04 bits per heavy atom. The number of carbonyl (C=O) groups is 1. The van der Waals surface area contributed by atoms with Crippen LogP contribution >= 0.6 is 23.1 Å². The van der Waals surface area contributed by atoms with Crippen LogP contribution in [0.3, 0.4) is 0 Å². The average molecular weight is 352 g/mol. The molecule has 0 radical (unpaired) electrons. The van der Waals surface area contributed by atoms with Crippen LogP contribution in [0, 0.1) is 19.7 Å². The Hall–Kier alpha value is -1.40. The molecule has 0 saturated heterocycles. The van der Waals surface area contributed by atoms with Gasteiger partial charge in [-0.1, -0.05) is 12.1 Å². The smallest absolute Gasteiger partial charge is 0.221 e. The van der Waals surface area contributed by atoms with E-state index in [4.69, 9.17) is 0 Å². The molecule has 0 aliphatic heterocycles. The third-order valence-electron chi connectivity index (χ3n) is 3.38. The Bertz CT molecular complexity index is 655. The first-order valence-electron chi connectivity index (χ1n) is 7.51. The number of halogens is 1. The van der Waals surface area contributed by atoms with E-state index in [0.717, 1.165) is 32.6 Å². The largest absolute Gasteiger partial charge is 0.348 e. The van der Waals surface area contributed by atoms with Crippen molar-refractivity contribution in [2.45, 2.75) is 39.0 Å². The van der Waals surface area contributed by atoms with Crippen LogP contribution in [0.25, 0.3) is 0 Å². The maximum atomic E-state index is 12.8. The van der Waals surface area contributed by atoms with E-state index in [9.17, 15) is 9.18 Å². The third kappa shape index (κ3) is 5.62. The number of aryl methyl sites for hydroxylation is 2. The molecule has 0 aliphatic carbocycles. The molecule has 0 fully saturated rings. The third-order valence-corrected chi connectivity index (χ3v) is 5.31. The minimum absolute atomic E-state index is 0.0363. The molecule has 1 amide bonds. The van der Waals surface area contributed by atoms with Crippen molar-refractivity contribution < 1.29 is 9.18 Å². The molecule has 1 atom stereocenters. The maximum Gasteiger partial charge on any atom is 0.221 e. The van der Waals surface area contributed by atoms with Crippen LogP contribution in [0.1, 0.15) is 40.5 Å². The van der Waals surface area contributed by atoms with Crippen molar-refractivity contribution in [2.75, 3.05) is 5.75 Å². The van der Waals surface area contributed by atoms with Crippen molar-refractivity contribution in [3.8, 4) is 0 Å². The molecule has 3 nitrogen and oxygen atoms in total. The van der Waals surface area contributed by atoms with E-state index in [0.29, 0.717) is 6.42 Å². The molecule has 0 saturated carbocycles. The highest BCUT2D eigenvalue weighted by Crippen LogP contribution is 2.22. The lowest BCUT2D eigenvalue weighted by Gasteiger charge is -2.12. The summed E-state index contributed by atoms with van der Waals surface area (Å²) in [4.78, 5) is 17.6. The van der Waals surface area contributed by atoms with Crippen LogP contribution in [-0.4, -0.2) is 16.6 Å². The van der Waals surface area contributed by atoms with Gasteiger partial charge in [-0.15, -0.1) is 11.3 Å². The van der Waals surface area contributed by atoms with Crippen molar-refractivity contribution >= 4 is 29.0 Å². The van der Waals surface area contributed by atoms with Gasteiger partial charge in [-0.25, -0.2) is 9.37 Å². The Morgan fingerprint density at radius 1 is 1.35 bits per heavy atom. The predicted molar refractivity (Wildman–Crippen MR) is 95.3 cm³/mol. The van der Waals surface area contributed by atoms with Crippen molar-refractivity contribution in [1.82, 2.24) is 10.3 Å². The van der Waals surface area contributed by atoms with E-state index in [1.807, 2.05) is 20.8 Å². The number of nitrogens with one attached hydrogen (secondary N) is 1. The summed E-state index contributed by atoms with van der Waals surface area (Å²) in [6, 6.07) is 6.41. The SMILES string of the molecule is Cc1nc([C@H](C)NC(=O)CCSCc2ccc(F)cc2)c(C)s1. The van der Waals surface area contributed by atoms with E-state index >= 15 is 0 Å². The van der Waals surface area contributed by atoms with Gasteiger partial charge >= 0.3 is 0 Å². The number of hydrogen-bond acceptors (Lipinski definition) is 4. The van der Waals surface area contributed by atoms with Crippen LogP contribution < -0.4 is 5.32 Å². The fraction of sp³-hybridized carbons (Fsp3) is 0.412. The zero-order chi connectivity index (χ0) is 16.8. The normalized spacial score (nSPS) is 12.2. The summed E-state index contributed by atoms with van der Waals surface area (Å²) >= 11 is 3.33. The van der Waals surface area contributed by atoms with Gasteiger partial charge in [0.05, 0.1) is 16.7 Å². The summed E-state index contributed by atoms with van der Waals surface area (Å²) in [5, 5.41) is 4.02. The summed E-state index contributed by atoms with van der Waals surface area (Å²) in [5.74, 6) is 1.34. The summed E-state index contributed by atoms with van der Waals surface area (Å²) < 4.78 is 12.8. The summed E-state index contributed by atoms with van der Waals surface area (Å²) in [7, 11) is 0. The Morgan fingerprint density at radius 3 is 2.65 bits per heavy atom. The van der Waals surface area contributed by atoms with Crippen molar-refractivity contribution in [2.24, 2.45) is 0 Å². The standard InChI is InChI=1S/C17H21FN2OS2/c1-11(17-12(2)23-13(3)20-17)19-16(21)8-9-22-10-14-4-6-15(18)7-5-14/h4-7,11H,8-10H2,1-3H3,(H,19,21)/t11-/m0/s1. The molecule has 2 aromatic rings. The highest BCUT2D eigenvalue weighted by atomic mass is 32.2. The quantitative estimate of drug-likeness (QED) is 0.751. The molecule has 124 valence electrons. The van der Waals surface area contributed by atoms with Gasteiger partial charge in [-0.3, -0.25) is 4.79 Å². The molecule has 0 spiro atoms. The summed E-state index contributed by atoms with van der Waals surface area (Å²) in [5.41, 5.74) is 2.03. The molecule has 0 unspecified atom stereocenters. The molecule has 23 heavy (non-hydrogen) atoms. The first kappa shape index (κ1) is 17.9. The lowest BCUT2D eigenvalue weighted by Crippen LogP contribution is -2.27. The van der Waals surface area contributed by atoms with E-state index in [1.54, 1.807) is 35.2 Å². The molecule has 6 heteroatoms. The van der Waals surface area contributed by atoms with Crippen molar-refractivity contribution in [1.29, 1.82) is 0 Å². The Kier molecular flexibility index (Phi) is 6.59. The number of nitrogens with zero attached hydrogens (tertiary/aromatic N) is 1. The van der Waals surface area contributed by atoms with E-state index in [-0.39, 0.29) is 17.8 Å². The second-order valence-electron chi connectivity index (χ2n) is 5.39. The van der Waals surface area contributed by atoms with Crippen molar-refractivity contribution in [3.63, 3.8) is 0 Å². The van der Waals surface area contributed by atoms with Crippen LogP contribution in [0.2, 0.25) is 0 Å². The maximum absolute atomic E-state index is 12.8. The second kappa shape index (κ2) is 8.45. The first-order valence-corrected chi connectivity index (χ1v) is 9.48. The number of hydrogen-bond donors (Lipinski definition) is 1. The van der Waals surface area contributed by atoms with Crippen LogP contribution in [-0.2, 0) is 10.5 Å². The molecule has 1 N–H and O–H groups in total. The Balaban J connectivity index is 1.70. The zero-order valence-corrected chi connectivity index (χ0v) is 15.2. The molecule has 2 rings (SSSR count). The van der Waals surface area contributed by atoms with Gasteiger partial charge in [0, 0.05) is 22.8 Å². The minimum atomic E-state index is -0.223. The number of benzene rings is 1. The molecule has 0 bridgehead atoms. The fourth-order valence-electron chi connectivity index (χ4n) is 2.26. The lowest BCUT2D eigenvalue weighted by atomic mass is 10.2. The van der Waals surface area contributed by atoms with Gasteiger partial charge in [-0.05, 0) is 38.5 Å². The number of amides is 1. The highest BCUT2D eigenvalue weighted by molar-refractivity contribution is 7.98. The van der Waals surface area contributed by atoms with Gasteiger partial charge in [-0.2, -0.15) is 11.8 Å². The number of thioether (sulfide) groups is 1. The predicted octanol–water partition coefficient (Wildman–Crippen LogP) is 4.40. The number of rotatable bonds is 7. The topological polar surface area (TPSA) is 42.0 Å².